The van der Waals surface area contributed by atoms with Gasteiger partial charge in [-0.15, -0.1) is 0 Å². The van der Waals surface area contributed by atoms with E-state index in [0.29, 0.717) is 12.8 Å². The molecule has 49 heteroatoms. The molecule has 0 aromatic carbocycles. The average Bonchev–Trinajstić information content (AvgIpc) is 0.759. The Balaban J connectivity index is 0.944. The van der Waals surface area contributed by atoms with E-state index in [0.717, 1.165) is 91.4 Å². The van der Waals surface area contributed by atoms with Crippen molar-refractivity contribution in [3.05, 3.63) is 24.3 Å². The van der Waals surface area contributed by atoms with Gasteiger partial charge in [0.2, 0.25) is 23.6 Å². The molecule has 49 nitrogen and oxygen atoms in total. The molecule has 0 aliphatic carbocycles. The van der Waals surface area contributed by atoms with Gasteiger partial charge in [0.1, 0.15) is 183 Å². The number of carbonyl (C=O) groups excluding carboxylic acids is 4. The fourth-order valence-electron chi connectivity index (χ4n) is 20.1. The molecule has 0 aromatic heterocycles. The van der Waals surface area contributed by atoms with E-state index in [-0.39, 0.29) is 12.3 Å². The highest BCUT2D eigenvalue weighted by Gasteiger charge is 2.62. The Bertz CT molecular complexity index is 3830. The lowest BCUT2D eigenvalue weighted by Crippen LogP contribution is -2.72. The van der Waals surface area contributed by atoms with E-state index in [1.165, 1.54) is 135 Å². The number of allylic oxidation sites excluding steroid dienone is 3. The molecule has 8 rings (SSSR count). The minimum absolute atomic E-state index is 0.129. The van der Waals surface area contributed by atoms with E-state index in [2.05, 4.69) is 47.3 Å². The summed E-state index contributed by atoms with van der Waals surface area (Å²) in [6, 6.07) is -6.82. The molecule has 872 valence electrons. The van der Waals surface area contributed by atoms with Gasteiger partial charge < -0.3 is 220 Å². The molecule has 16 unspecified atom stereocenters. The van der Waals surface area contributed by atoms with Crippen LogP contribution in [0, 0.1) is 0 Å². The van der Waals surface area contributed by atoms with Crippen molar-refractivity contribution in [2.24, 2.45) is 0 Å². The first-order valence-electron chi connectivity index (χ1n) is 54.1. The van der Waals surface area contributed by atoms with Gasteiger partial charge in [0.05, 0.1) is 83.3 Å². The smallest absolute Gasteiger partial charge is 0.364 e. The summed E-state index contributed by atoms with van der Waals surface area (Å²) < 4.78 is 96.6. The number of hydrogen-bond acceptors (Lipinski definition) is 44. The van der Waals surface area contributed by atoms with Gasteiger partial charge in [-0.1, -0.05) is 205 Å². The number of ether oxygens (including phenoxy) is 16. The van der Waals surface area contributed by atoms with Crippen molar-refractivity contribution in [3.63, 3.8) is 0 Å². The van der Waals surface area contributed by atoms with Gasteiger partial charge in [0.25, 0.3) is 5.79 Å². The van der Waals surface area contributed by atoms with Crippen LogP contribution < -0.4 is 21.3 Å². The molecule has 150 heavy (non-hydrogen) atoms. The zero-order valence-corrected chi connectivity index (χ0v) is 87.3. The third kappa shape index (κ3) is 38.6. The average molecular weight is 2170 g/mol. The Hall–Kier alpha value is -4.73. The molecule has 8 aliphatic heterocycles. The van der Waals surface area contributed by atoms with Crippen molar-refractivity contribution in [2.75, 3.05) is 52.9 Å². The number of carboxylic acid groups (broad SMARTS) is 1. The van der Waals surface area contributed by atoms with E-state index < -0.39 is 346 Å². The second-order valence-electron chi connectivity index (χ2n) is 40.9. The monoisotopic (exact) mass is 2170 g/mol. The lowest BCUT2D eigenvalue weighted by atomic mass is 9.88. The fraction of sp³-hybridized carbons (Fsp3) is 0.911. The SMILES string of the molecule is CCCCCCCC/C=C\CCCCCCCCCCCCCCCC(=O)N[C@@H](CO[C@@H]1OC(CO)[C@@H](O[C@@H]2OC(CO)[C@H](O)[C@H](O[C@@H]3OC(CO)[C@@H](O[C@@H]4OC(CO)[C@H](O)[C@H](O[C@@H]5OC(CO)[C@@H](O[C@@H]6OC(CO[C@]7(C(=O)O)CC(O)[C@@H](NC(C)=O)C([C@H](O)[C@H](O)CO)O7)[C@H](O)[C@H](O)C6O)[C@H](O)C5NC(C)=O)C4O)[C@H](O[C@H]4OC(C)[C@@H](O)C(O)[C@@H]4O)C3NC(C)=O)C2O)[C@H](O)C1O)[C@H](O)/C=C/CCCCCCCCCCCCC. The maximum absolute atomic E-state index is 13.8. The number of carbonyl (C=O) groups is 5. The van der Waals surface area contributed by atoms with Crippen molar-refractivity contribution in [1.29, 1.82) is 0 Å². The highest BCUT2D eigenvalue weighted by molar-refractivity contribution is 5.77. The van der Waals surface area contributed by atoms with Gasteiger partial charge in [-0.05, 0) is 51.9 Å². The van der Waals surface area contributed by atoms with E-state index in [9.17, 15) is 147 Å². The second kappa shape index (κ2) is 67.6. The Kier molecular flexibility index (Phi) is 58.8. The Labute approximate surface area is 876 Å². The zero-order chi connectivity index (χ0) is 110. The largest absolute Gasteiger partial charge is 0.477 e. The van der Waals surface area contributed by atoms with Gasteiger partial charge in [0, 0.05) is 33.6 Å². The van der Waals surface area contributed by atoms with Crippen LogP contribution in [0.5, 0.6) is 0 Å². The van der Waals surface area contributed by atoms with Gasteiger partial charge in [0.15, 0.2) is 44.0 Å². The first kappa shape index (κ1) is 130. The van der Waals surface area contributed by atoms with Crippen LogP contribution in [0.25, 0.3) is 0 Å². The summed E-state index contributed by atoms with van der Waals surface area (Å²) in [5, 5.41) is 282. The number of amides is 4. The van der Waals surface area contributed by atoms with Gasteiger partial charge >= 0.3 is 5.97 Å². The number of nitrogens with one attached hydrogen (secondary N) is 4. The summed E-state index contributed by atoms with van der Waals surface area (Å²) >= 11 is 0. The van der Waals surface area contributed by atoms with Crippen LogP contribution in [-0.2, 0) is 99.8 Å². The van der Waals surface area contributed by atoms with Crippen molar-refractivity contribution in [1.82, 2.24) is 21.3 Å². The minimum atomic E-state index is -3.06. The van der Waals surface area contributed by atoms with Crippen LogP contribution in [0.1, 0.15) is 266 Å². The van der Waals surface area contributed by atoms with Crippen LogP contribution in [0.4, 0.5) is 0 Å². The van der Waals surface area contributed by atoms with Gasteiger partial charge in [-0.2, -0.15) is 0 Å². The molecular formula is C101H178N4O45. The molecule has 28 N–H and O–H groups in total. The summed E-state index contributed by atoms with van der Waals surface area (Å²) in [5.41, 5.74) is 0. The molecule has 8 aliphatic rings. The molecule has 43 atom stereocenters. The van der Waals surface area contributed by atoms with E-state index in [1.807, 2.05) is 6.08 Å². The van der Waals surface area contributed by atoms with Crippen LogP contribution in [-0.4, -0.2) is 468 Å². The minimum Gasteiger partial charge on any atom is -0.477 e. The summed E-state index contributed by atoms with van der Waals surface area (Å²) in [4.78, 5) is 65.8. The third-order valence-corrected chi connectivity index (χ3v) is 28.9. The van der Waals surface area contributed by atoms with Gasteiger partial charge in [-0.25, -0.2) is 4.79 Å². The van der Waals surface area contributed by atoms with Crippen LogP contribution in [0.3, 0.4) is 0 Å². The van der Waals surface area contributed by atoms with Crippen LogP contribution in [0.2, 0.25) is 0 Å². The molecular weight excluding hydrogens is 1990 g/mol. The summed E-state index contributed by atoms with van der Waals surface area (Å²) in [7, 11) is 0. The fourth-order valence-corrected chi connectivity index (χ4v) is 20.1. The van der Waals surface area contributed by atoms with Crippen molar-refractivity contribution >= 4 is 29.6 Å². The predicted octanol–water partition coefficient (Wildman–Crippen LogP) is -3.50. The lowest BCUT2D eigenvalue weighted by molar-refractivity contribution is -0.397. The van der Waals surface area contributed by atoms with Crippen molar-refractivity contribution in [2.45, 2.75) is 529 Å². The van der Waals surface area contributed by atoms with Crippen LogP contribution >= 0.6 is 0 Å². The molecule has 0 aromatic rings. The van der Waals surface area contributed by atoms with E-state index in [4.69, 9.17) is 75.8 Å². The maximum Gasteiger partial charge on any atom is 0.364 e. The Morgan fingerprint density at radius 1 is 0.367 bits per heavy atom. The molecule has 8 fully saturated rings. The number of aliphatic carboxylic acids is 1. The molecule has 0 spiro atoms. The van der Waals surface area contributed by atoms with E-state index >= 15 is 0 Å². The normalized spacial score (nSPS) is 37.4. The molecule has 0 saturated carbocycles. The first-order chi connectivity index (χ1) is 71.8. The highest BCUT2D eigenvalue weighted by atomic mass is 16.8. The Morgan fingerprint density at radius 2 is 0.733 bits per heavy atom. The van der Waals surface area contributed by atoms with Crippen molar-refractivity contribution < 1.29 is 222 Å². The third-order valence-electron chi connectivity index (χ3n) is 28.9. The first-order valence-corrected chi connectivity index (χ1v) is 54.1. The quantitative estimate of drug-likeness (QED) is 0.0207. The predicted molar refractivity (Wildman–Crippen MR) is 523 cm³/mol. The number of rotatable bonds is 68. The summed E-state index contributed by atoms with van der Waals surface area (Å²) in [6.07, 6.45) is -34.2. The number of aliphatic hydroxyl groups is 23. The highest BCUT2D eigenvalue weighted by Crippen LogP contribution is 2.42. The molecule has 0 bridgehead atoms. The summed E-state index contributed by atoms with van der Waals surface area (Å²) in [5.74, 6) is -8.25. The van der Waals surface area contributed by atoms with Crippen molar-refractivity contribution in [3.8, 4) is 0 Å². The molecule has 8 heterocycles. The number of aliphatic hydroxyl groups excluding tert-OH is 23. The molecule has 4 amide bonds. The maximum atomic E-state index is 13.8. The Morgan fingerprint density at radius 3 is 1.19 bits per heavy atom. The topological polar surface area (TPSA) is 767 Å². The number of hydrogen-bond donors (Lipinski definition) is 28. The van der Waals surface area contributed by atoms with E-state index in [1.54, 1.807) is 6.08 Å². The second-order valence-corrected chi connectivity index (χ2v) is 40.9. The number of unbranched alkanes of at least 4 members (excludes halogenated alkanes) is 30. The van der Waals surface area contributed by atoms with Crippen LogP contribution in [0.15, 0.2) is 24.3 Å². The zero-order valence-electron chi connectivity index (χ0n) is 87.3. The summed E-state index contributed by atoms with van der Waals surface area (Å²) in [6.45, 7) is -0.0560. The lowest BCUT2D eigenvalue weighted by Gasteiger charge is -2.52. The standard InChI is InChI=1S/C101H178N4O45/c1-7-9-11-13-15-17-19-21-22-23-24-25-26-27-28-29-30-32-34-36-38-40-42-44-68(118)105-58(59(115)43-41-39-37-35-33-31-20-18-16-14-12-10-8-2)52-135-95-83(130)80(127)87(65(50-110)142-95)145-98-84(131)92(76(123)62(47-107)138-98)149-94-71(104-57(6)114)90(147-96-81(128)78(125)72(119)54(3)137-96)88(66(51-111)141-94)146-99-85(132)91(75(122)63(48-108)139-99)148-93-70(103-56(5)113)77(124)86(64(49-109)140-93)144-97-82(129)79(126)74(121)67(143-97)53-136-101(100(133)134)45-60(116)69(102-55(4)112)89(150-101)73(120)61(117)46-106/h21-22,41,43,54,58-67,69-99,106-111,115-117,119-132H,7-20,23-40,42,44-53H2,1-6H3,(H,102,112)(H,103,113)(H,104,114)(H,105,118)(H,133,134)/b22-21-,43-41+/t54?,58-,59+,60?,61+,62?,63?,64?,65?,66?,67?,69+,70?,71?,72+,73+,74-,75-,76-,77+,78?,79-,80+,81-,82?,83?,84?,85?,86+,87+,88+,89?,90+,91-,92-,93-,94-,95+,96+,97-,98-,99-,101+/m0/s1. The van der Waals surface area contributed by atoms with Gasteiger partial charge in [-0.3, -0.25) is 19.2 Å². The molecule has 8 saturated heterocycles. The number of carboxylic acids is 1. The molecule has 0 radical (unpaired) electrons.